The Labute approximate surface area is 212 Å². The van der Waals surface area contributed by atoms with Crippen LogP contribution >= 0.6 is 11.5 Å². The number of hydrogen-bond acceptors (Lipinski definition) is 9. The zero-order valence-corrected chi connectivity index (χ0v) is 20.8. The summed E-state index contributed by atoms with van der Waals surface area (Å²) in [6.07, 6.45) is 0. The van der Waals surface area contributed by atoms with E-state index in [9.17, 15) is 14.4 Å². The first-order valence-electron chi connectivity index (χ1n) is 10.8. The van der Waals surface area contributed by atoms with Crippen molar-refractivity contribution < 1.29 is 28.6 Å². The van der Waals surface area contributed by atoms with E-state index in [0.29, 0.717) is 22.7 Å². The largest absolute Gasteiger partial charge is 0.497 e. The van der Waals surface area contributed by atoms with Gasteiger partial charge in [0.05, 0.1) is 26.5 Å². The molecule has 0 spiro atoms. The van der Waals surface area contributed by atoms with Crippen LogP contribution in [0.3, 0.4) is 0 Å². The first-order valence-corrected chi connectivity index (χ1v) is 11.5. The number of rotatable bonds is 11. The number of nitrogens with one attached hydrogen (secondary N) is 1. The van der Waals surface area contributed by atoms with Gasteiger partial charge in [-0.1, -0.05) is 18.2 Å². The number of nitrogen functional groups attached to an aromatic ring is 1. The minimum atomic E-state index is -1.13. The number of carbonyl (C=O) groups excluding carboxylic acids is 3. The van der Waals surface area contributed by atoms with Crippen LogP contribution in [-0.4, -0.2) is 56.6 Å². The molecule has 0 bridgehead atoms. The molecule has 1 aromatic heterocycles. The van der Waals surface area contributed by atoms with Crippen molar-refractivity contribution in [3.05, 3.63) is 64.7 Å². The first kappa shape index (κ1) is 26.4. The Bertz CT molecular complexity index is 1230. The second-order valence-electron chi connectivity index (χ2n) is 7.47. The molecule has 1 atom stereocenters. The summed E-state index contributed by atoms with van der Waals surface area (Å²) in [5.41, 5.74) is 11.9. The molecule has 3 aromatic rings. The van der Waals surface area contributed by atoms with Crippen molar-refractivity contribution in [1.29, 1.82) is 0 Å². The third-order valence-electron chi connectivity index (χ3n) is 5.25. The number of amides is 3. The molecule has 0 aliphatic carbocycles. The average molecular weight is 514 g/mol. The SMILES string of the molecule is COCCNC(=O)[C@@H](c1ccc(OC)cc1)N(C(=O)c1snc(C(N)=O)c1N)c1cccc(OC)c1. The monoisotopic (exact) mass is 513 g/mol. The molecular formula is C24H27N5O6S. The Morgan fingerprint density at radius 3 is 2.33 bits per heavy atom. The summed E-state index contributed by atoms with van der Waals surface area (Å²) in [4.78, 5) is 40.5. The van der Waals surface area contributed by atoms with E-state index in [-0.39, 0.29) is 29.4 Å². The van der Waals surface area contributed by atoms with Gasteiger partial charge in [-0.25, -0.2) is 0 Å². The molecule has 2 aromatic carbocycles. The van der Waals surface area contributed by atoms with Gasteiger partial charge in [0.25, 0.3) is 11.8 Å². The smallest absolute Gasteiger partial charge is 0.273 e. The highest BCUT2D eigenvalue weighted by Crippen LogP contribution is 2.35. The van der Waals surface area contributed by atoms with E-state index in [0.717, 1.165) is 11.5 Å². The summed E-state index contributed by atoms with van der Waals surface area (Å²) in [6, 6.07) is 12.3. The molecule has 190 valence electrons. The van der Waals surface area contributed by atoms with Crippen molar-refractivity contribution in [1.82, 2.24) is 9.69 Å². The van der Waals surface area contributed by atoms with E-state index in [2.05, 4.69) is 9.69 Å². The summed E-state index contributed by atoms with van der Waals surface area (Å²) in [7, 11) is 4.53. The molecule has 0 aliphatic rings. The average Bonchev–Trinajstić information content (AvgIpc) is 3.28. The molecule has 36 heavy (non-hydrogen) atoms. The van der Waals surface area contributed by atoms with E-state index in [4.69, 9.17) is 25.7 Å². The van der Waals surface area contributed by atoms with Crippen LogP contribution in [0.5, 0.6) is 11.5 Å². The van der Waals surface area contributed by atoms with Crippen LogP contribution in [0.25, 0.3) is 0 Å². The quantitative estimate of drug-likeness (QED) is 0.328. The molecule has 3 rings (SSSR count). The molecular weight excluding hydrogens is 486 g/mol. The molecule has 0 saturated heterocycles. The molecule has 0 saturated carbocycles. The van der Waals surface area contributed by atoms with Crippen molar-refractivity contribution in [3.8, 4) is 11.5 Å². The predicted octanol–water partition coefficient (Wildman–Crippen LogP) is 1.99. The lowest BCUT2D eigenvalue weighted by Gasteiger charge is -2.31. The summed E-state index contributed by atoms with van der Waals surface area (Å²) >= 11 is 0.727. The highest BCUT2D eigenvalue weighted by molar-refractivity contribution is 7.09. The van der Waals surface area contributed by atoms with E-state index in [1.807, 2.05) is 0 Å². The second-order valence-corrected chi connectivity index (χ2v) is 8.25. The Balaban J connectivity index is 2.19. The van der Waals surface area contributed by atoms with E-state index in [1.165, 1.54) is 26.2 Å². The van der Waals surface area contributed by atoms with Gasteiger partial charge in [-0.15, -0.1) is 0 Å². The van der Waals surface area contributed by atoms with Gasteiger partial charge in [0.15, 0.2) is 5.69 Å². The van der Waals surface area contributed by atoms with Crippen LogP contribution in [0.15, 0.2) is 48.5 Å². The maximum absolute atomic E-state index is 14.0. The predicted molar refractivity (Wildman–Crippen MR) is 135 cm³/mol. The van der Waals surface area contributed by atoms with Crippen molar-refractivity contribution in [2.24, 2.45) is 5.73 Å². The molecule has 5 N–H and O–H groups in total. The van der Waals surface area contributed by atoms with Gasteiger partial charge in [0.2, 0.25) is 5.91 Å². The van der Waals surface area contributed by atoms with Crippen LogP contribution in [0, 0.1) is 0 Å². The summed E-state index contributed by atoms with van der Waals surface area (Å²) in [5.74, 6) is -0.928. The number of hydrogen-bond donors (Lipinski definition) is 3. The summed E-state index contributed by atoms with van der Waals surface area (Å²) < 4.78 is 19.6. The molecule has 0 radical (unpaired) electrons. The van der Waals surface area contributed by atoms with Gasteiger partial charge in [-0.2, -0.15) is 4.37 Å². The number of carbonyl (C=O) groups is 3. The van der Waals surface area contributed by atoms with Gasteiger partial charge >= 0.3 is 0 Å². The number of aromatic nitrogens is 1. The fourth-order valence-electron chi connectivity index (χ4n) is 3.46. The number of primary amides is 1. The van der Waals surface area contributed by atoms with Gasteiger partial charge in [-0.3, -0.25) is 19.3 Å². The lowest BCUT2D eigenvalue weighted by Crippen LogP contribution is -2.44. The Morgan fingerprint density at radius 1 is 1.06 bits per heavy atom. The Kier molecular flexibility index (Phi) is 8.81. The number of nitrogens with two attached hydrogens (primary N) is 2. The van der Waals surface area contributed by atoms with Crippen molar-refractivity contribution in [3.63, 3.8) is 0 Å². The van der Waals surface area contributed by atoms with Crippen molar-refractivity contribution in [2.45, 2.75) is 6.04 Å². The summed E-state index contributed by atoms with van der Waals surface area (Å²) in [6.45, 7) is 0.495. The van der Waals surface area contributed by atoms with E-state index in [1.54, 1.807) is 48.5 Å². The number of benzene rings is 2. The lowest BCUT2D eigenvalue weighted by atomic mass is 10.0. The number of methoxy groups -OCH3 is 3. The molecule has 3 amide bonds. The van der Waals surface area contributed by atoms with Crippen LogP contribution < -0.4 is 31.2 Å². The highest BCUT2D eigenvalue weighted by Gasteiger charge is 2.36. The first-order chi connectivity index (χ1) is 17.3. The lowest BCUT2D eigenvalue weighted by molar-refractivity contribution is -0.122. The number of nitrogens with zero attached hydrogens (tertiary/aromatic N) is 2. The molecule has 0 aliphatic heterocycles. The topological polar surface area (TPSA) is 159 Å². The Morgan fingerprint density at radius 2 is 1.75 bits per heavy atom. The molecule has 12 heteroatoms. The maximum Gasteiger partial charge on any atom is 0.273 e. The van der Waals surface area contributed by atoms with Crippen LogP contribution in [0.2, 0.25) is 0 Å². The standard InChI is InChI=1S/C24H27N5O6S/c1-33-12-11-27-23(31)20(14-7-9-16(34-2)10-8-14)29(15-5-4-6-17(13-15)35-3)24(32)21-18(25)19(22(26)30)28-36-21/h4-10,13,20H,11-12,25H2,1-3H3,(H2,26,30)(H,27,31)/t20-/m1/s1. The van der Waals surface area contributed by atoms with E-state index >= 15 is 0 Å². The van der Waals surface area contributed by atoms with Gasteiger partial charge in [0, 0.05) is 25.4 Å². The highest BCUT2D eigenvalue weighted by atomic mass is 32.1. The minimum Gasteiger partial charge on any atom is -0.497 e. The van der Waals surface area contributed by atoms with Crippen LogP contribution in [-0.2, 0) is 9.53 Å². The third kappa shape index (κ3) is 5.73. The molecule has 11 nitrogen and oxygen atoms in total. The third-order valence-corrected chi connectivity index (χ3v) is 6.10. The van der Waals surface area contributed by atoms with Gasteiger partial charge < -0.3 is 31.0 Å². The van der Waals surface area contributed by atoms with Crippen molar-refractivity contribution in [2.75, 3.05) is 45.1 Å². The van der Waals surface area contributed by atoms with Gasteiger partial charge in [0.1, 0.15) is 22.4 Å². The van der Waals surface area contributed by atoms with Crippen LogP contribution in [0.4, 0.5) is 11.4 Å². The molecule has 1 heterocycles. The van der Waals surface area contributed by atoms with Crippen LogP contribution in [0.1, 0.15) is 31.8 Å². The van der Waals surface area contributed by atoms with E-state index < -0.39 is 23.8 Å². The minimum absolute atomic E-state index is 0.0326. The zero-order valence-electron chi connectivity index (χ0n) is 20.0. The zero-order chi connectivity index (χ0) is 26.2. The van der Waals surface area contributed by atoms with Gasteiger partial charge in [-0.05, 0) is 41.4 Å². The fourth-order valence-corrected chi connectivity index (χ4v) is 4.20. The number of ether oxygens (including phenoxy) is 3. The fraction of sp³-hybridized carbons (Fsp3) is 0.250. The normalized spacial score (nSPS) is 11.4. The maximum atomic E-state index is 14.0. The molecule has 0 fully saturated rings. The van der Waals surface area contributed by atoms with Crippen molar-refractivity contribution >= 4 is 40.6 Å². The molecule has 0 unspecified atom stereocenters. The second kappa shape index (κ2) is 12.0. The Hall–Kier alpha value is -4.16. The number of anilines is 2. The summed E-state index contributed by atoms with van der Waals surface area (Å²) in [5, 5.41) is 2.80.